The van der Waals surface area contributed by atoms with E-state index < -0.39 is 0 Å². The highest BCUT2D eigenvalue weighted by Crippen LogP contribution is 2.94. The number of benzene rings is 1. The lowest BCUT2D eigenvalue weighted by atomic mass is 9.33. The van der Waals surface area contributed by atoms with Crippen LogP contribution in [0.25, 0.3) is 0 Å². The van der Waals surface area contributed by atoms with Crippen molar-refractivity contribution in [1.82, 2.24) is 0 Å². The Hall–Kier alpha value is -2.08. The third kappa shape index (κ3) is 1.88. The third-order valence-corrected chi connectivity index (χ3v) is 23.8. The zero-order chi connectivity index (χ0) is 31.4. The lowest BCUT2D eigenvalue weighted by molar-refractivity contribution is -0.154. The molecule has 24 atom stereocenters. The minimum Gasteiger partial charge on any atom is -0.0799 e. The summed E-state index contributed by atoms with van der Waals surface area (Å²) in [5, 5.41) is 0. The van der Waals surface area contributed by atoms with Gasteiger partial charge in [0.2, 0.25) is 0 Å². The van der Waals surface area contributed by atoms with Gasteiger partial charge in [0, 0.05) is 10.8 Å². The predicted molar refractivity (Wildman–Crippen MR) is 192 cm³/mol. The van der Waals surface area contributed by atoms with Gasteiger partial charge in [-0.15, -0.1) is 0 Å². The lowest BCUT2D eigenvalue weighted by Crippen LogP contribution is -2.65. The van der Waals surface area contributed by atoms with Gasteiger partial charge in [0.1, 0.15) is 0 Å². The van der Waals surface area contributed by atoms with Crippen LogP contribution in [0.4, 0.5) is 0 Å². The second kappa shape index (κ2) is 6.88. The summed E-state index contributed by atoms with van der Waals surface area (Å²) in [5.74, 6) is 23.2. The van der Waals surface area contributed by atoms with Crippen LogP contribution >= 0.6 is 0 Å². The molecule has 17 aliphatic rings. The summed E-state index contributed by atoms with van der Waals surface area (Å²) in [5.41, 5.74) is 19.3. The lowest BCUT2D eigenvalue weighted by Gasteiger charge is -2.69. The summed E-state index contributed by atoms with van der Waals surface area (Å²) in [6.45, 7) is 4.84. The number of hydrogen-bond donors (Lipinski definition) is 0. The van der Waals surface area contributed by atoms with E-state index in [1.165, 1.54) is 19.3 Å². The Morgan fingerprint density at radius 3 is 1.96 bits per heavy atom. The summed E-state index contributed by atoms with van der Waals surface area (Å²) in [6.07, 6.45) is 23.7. The van der Waals surface area contributed by atoms with E-state index in [-0.39, 0.29) is 5.41 Å². The molecule has 1 aromatic rings. The smallest absolute Gasteiger partial charge is 0.0320 e. The van der Waals surface area contributed by atoms with Crippen LogP contribution < -0.4 is 0 Å². The quantitative estimate of drug-likeness (QED) is 0.262. The Balaban J connectivity index is 1.05. The number of aryl methyl sites for hydroxylation is 2. The van der Waals surface area contributed by atoms with Gasteiger partial charge in [-0.3, -0.25) is 0 Å². The van der Waals surface area contributed by atoms with E-state index in [2.05, 4.69) is 67.0 Å². The molecule has 0 saturated heterocycles. The van der Waals surface area contributed by atoms with E-state index in [1.54, 1.807) is 54.4 Å². The first-order chi connectivity index (χ1) is 24.6. The van der Waals surface area contributed by atoms with E-state index in [0.717, 1.165) is 130 Å². The minimum atomic E-state index is 0.256. The molecule has 17 aliphatic carbocycles. The first-order valence-corrected chi connectivity index (χ1v) is 22.3. The highest BCUT2D eigenvalue weighted by Gasteiger charge is 2.89. The average Bonchev–Trinajstić information content (AvgIpc) is 3.93. The van der Waals surface area contributed by atoms with Crippen LogP contribution in [0.3, 0.4) is 0 Å². The van der Waals surface area contributed by atoms with Gasteiger partial charge in [0.05, 0.1) is 0 Å². The van der Waals surface area contributed by atoms with E-state index >= 15 is 0 Å². The van der Waals surface area contributed by atoms with E-state index in [0.29, 0.717) is 5.41 Å². The van der Waals surface area contributed by atoms with Crippen LogP contribution in [0.2, 0.25) is 0 Å². The Kier molecular flexibility index (Phi) is 3.44. The van der Waals surface area contributed by atoms with Gasteiger partial charge in [-0.1, -0.05) is 47.6 Å². The molecule has 0 aliphatic heterocycles. The molecule has 11 saturated carbocycles. The van der Waals surface area contributed by atoms with Crippen LogP contribution in [0.15, 0.2) is 69.9 Å². The maximum absolute atomic E-state index is 2.92. The van der Waals surface area contributed by atoms with Crippen LogP contribution in [0.5, 0.6) is 0 Å². The first-order valence-electron chi connectivity index (χ1n) is 22.3. The van der Waals surface area contributed by atoms with Crippen molar-refractivity contribution in [2.75, 3.05) is 0 Å². The minimum absolute atomic E-state index is 0.256. The fourth-order valence-electron chi connectivity index (χ4n) is 24.5. The van der Waals surface area contributed by atoms with Crippen molar-refractivity contribution >= 4 is 0 Å². The molecule has 0 amide bonds. The summed E-state index contributed by atoms with van der Waals surface area (Å²) >= 11 is 0. The van der Waals surface area contributed by atoms with Crippen molar-refractivity contribution in [1.29, 1.82) is 0 Å². The zero-order valence-electron chi connectivity index (χ0n) is 29.8. The Labute approximate surface area is 297 Å². The Morgan fingerprint density at radius 1 is 0.540 bits per heavy atom. The topological polar surface area (TPSA) is 0 Å². The van der Waals surface area contributed by atoms with Crippen molar-refractivity contribution in [3.8, 4) is 0 Å². The molecule has 0 N–H and O–H groups in total. The maximum Gasteiger partial charge on any atom is 0.0320 e. The highest BCUT2D eigenvalue weighted by molar-refractivity contribution is 5.75. The van der Waals surface area contributed by atoms with Gasteiger partial charge >= 0.3 is 0 Å². The molecule has 18 rings (SSSR count). The van der Waals surface area contributed by atoms with Gasteiger partial charge < -0.3 is 0 Å². The molecule has 11 fully saturated rings. The molecule has 50 heavy (non-hydrogen) atoms. The van der Waals surface area contributed by atoms with Gasteiger partial charge in [0.15, 0.2) is 0 Å². The SMILES string of the molecule is Cc1cc2c(cc1C)CC13C4=C5CCC6C7CCC8C9CCC%10C%11C=CC%12=C(C=C4)C1(C2)C1=C%12C%11C2C%10C9C4C8C7C7C6C5C3C3C1C2C4C73. The summed E-state index contributed by atoms with van der Waals surface area (Å²) in [4.78, 5) is 0. The van der Waals surface area contributed by atoms with Crippen molar-refractivity contribution in [3.63, 3.8) is 0 Å². The molecular weight excluding hydrogens is 601 g/mol. The van der Waals surface area contributed by atoms with Crippen molar-refractivity contribution in [2.45, 2.75) is 65.2 Å². The Bertz CT molecular complexity index is 2230. The fourth-order valence-corrected chi connectivity index (χ4v) is 24.5. The van der Waals surface area contributed by atoms with Gasteiger partial charge in [0.25, 0.3) is 0 Å². The van der Waals surface area contributed by atoms with Gasteiger partial charge in [-0.2, -0.15) is 0 Å². The number of allylic oxidation sites excluding steroid dienone is 10. The molecule has 0 bridgehead atoms. The predicted octanol–water partition coefficient (Wildman–Crippen LogP) is 9.49. The second-order valence-corrected chi connectivity index (χ2v) is 22.8. The summed E-state index contributed by atoms with van der Waals surface area (Å²) in [6, 6.07) is 5.45. The van der Waals surface area contributed by atoms with Crippen molar-refractivity contribution < 1.29 is 0 Å². The molecule has 0 heterocycles. The monoisotopic (exact) mass is 650 g/mol. The second-order valence-electron chi connectivity index (χ2n) is 22.8. The van der Waals surface area contributed by atoms with E-state index in [1.807, 2.05) is 16.7 Å². The summed E-state index contributed by atoms with van der Waals surface area (Å²) < 4.78 is 0. The standard InChI is InChI=1S/C50H50/c1-17-13-19-15-49-29-11-12-30-28-10-8-26-24-6-4-22-21-3-5-23-25-7-9-27(29)37-35(25)40-33(23)31(21)39-32(22)34(24)41-36(26)38(28)48(50(30,49)16-20(19)14-18(17)2)46-44(41)42(39)43(40)45(46)47(37)49/h7,9,11-14,21-26,31-36,38-46,48H,3-6,8,10,15-16H2,1-2H3. The molecule has 1 aromatic carbocycles. The summed E-state index contributed by atoms with van der Waals surface area (Å²) in [7, 11) is 0. The largest absolute Gasteiger partial charge is 0.0799 e. The zero-order valence-corrected chi connectivity index (χ0v) is 29.8. The van der Waals surface area contributed by atoms with Gasteiger partial charge in [-0.05, 0) is 240 Å². The highest BCUT2D eigenvalue weighted by atomic mass is 14.9. The van der Waals surface area contributed by atoms with Crippen molar-refractivity contribution in [2.24, 2.45) is 141 Å². The molecule has 0 radical (unpaired) electrons. The number of fused-ring (bicyclic) bond motifs is 4. The first kappa shape index (κ1) is 25.0. The molecule has 24 unspecified atom stereocenters. The third-order valence-electron chi connectivity index (χ3n) is 23.8. The molecule has 0 aromatic heterocycles. The molecule has 0 nitrogen and oxygen atoms in total. The fraction of sp³-hybridized carbons (Fsp3) is 0.680. The average molecular weight is 651 g/mol. The number of hydrogen-bond acceptors (Lipinski definition) is 0. The normalized spacial score (nSPS) is 66.5. The Morgan fingerprint density at radius 2 is 1.16 bits per heavy atom. The van der Waals surface area contributed by atoms with Crippen LogP contribution in [0, 0.1) is 155 Å². The van der Waals surface area contributed by atoms with E-state index in [4.69, 9.17) is 0 Å². The van der Waals surface area contributed by atoms with E-state index in [9.17, 15) is 0 Å². The molecule has 0 heteroatoms. The maximum atomic E-state index is 2.92. The van der Waals surface area contributed by atoms with Crippen molar-refractivity contribution in [3.05, 3.63) is 92.1 Å². The molecule has 2 spiro atoms. The van der Waals surface area contributed by atoms with Crippen LogP contribution in [0.1, 0.15) is 60.8 Å². The number of rotatable bonds is 0. The van der Waals surface area contributed by atoms with Gasteiger partial charge in [-0.25, -0.2) is 0 Å². The van der Waals surface area contributed by atoms with Crippen LogP contribution in [-0.2, 0) is 12.8 Å². The molecule has 250 valence electrons. The molecular formula is C50H50. The van der Waals surface area contributed by atoms with Crippen LogP contribution in [-0.4, -0.2) is 0 Å².